The van der Waals surface area contributed by atoms with Crippen LogP contribution in [0.15, 0.2) is 109 Å². The van der Waals surface area contributed by atoms with Crippen molar-refractivity contribution < 1.29 is 0 Å². The quantitative estimate of drug-likeness (QED) is 0.349. The number of fused-ring (bicyclic) bond motifs is 3. The van der Waals surface area contributed by atoms with E-state index in [1.807, 2.05) is 60.7 Å². The molecule has 2 heterocycles. The number of anilines is 1. The summed E-state index contributed by atoms with van der Waals surface area (Å²) in [4.78, 5) is 5.22. The van der Waals surface area contributed by atoms with Gasteiger partial charge in [0.15, 0.2) is 0 Å². The highest BCUT2D eigenvalue weighted by Gasteiger charge is 2.31. The van der Waals surface area contributed by atoms with Crippen molar-refractivity contribution in [2.24, 2.45) is 0 Å². The minimum Gasteiger partial charge on any atom is -0.361 e. The predicted octanol–water partition coefficient (Wildman–Crippen LogP) is 6.73. The molecule has 0 aliphatic carbocycles. The first-order valence-corrected chi connectivity index (χ1v) is 10.9. The zero-order valence-corrected chi connectivity index (χ0v) is 17.8. The fraction of sp³-hybridized carbons (Fsp3) is 0.0345. The SMILES string of the molecule is N#Cc1ccc(C2Nc3ccccc3-c3nc(-c4ccccc4)c(-c4ccccc4)n32)cc1. The molecule has 0 bridgehead atoms. The van der Waals surface area contributed by atoms with Gasteiger partial charge in [-0.05, 0) is 29.8 Å². The second kappa shape index (κ2) is 7.81. The van der Waals surface area contributed by atoms with Crippen molar-refractivity contribution in [3.8, 4) is 40.0 Å². The Morgan fingerprint density at radius 3 is 2.06 bits per heavy atom. The largest absolute Gasteiger partial charge is 0.361 e. The van der Waals surface area contributed by atoms with Crippen molar-refractivity contribution >= 4 is 5.69 Å². The summed E-state index contributed by atoms with van der Waals surface area (Å²) in [5.41, 5.74) is 8.03. The number of nitrogens with one attached hydrogen (secondary N) is 1. The molecule has 156 valence electrons. The van der Waals surface area contributed by atoms with Gasteiger partial charge < -0.3 is 5.32 Å². The smallest absolute Gasteiger partial charge is 0.145 e. The van der Waals surface area contributed by atoms with Crippen LogP contribution in [0.5, 0.6) is 0 Å². The summed E-state index contributed by atoms with van der Waals surface area (Å²) in [6.07, 6.45) is -0.164. The van der Waals surface area contributed by atoms with Crippen molar-refractivity contribution in [3.63, 3.8) is 0 Å². The van der Waals surface area contributed by atoms with Gasteiger partial charge in [-0.3, -0.25) is 4.57 Å². The maximum absolute atomic E-state index is 9.27. The van der Waals surface area contributed by atoms with E-state index in [1.165, 1.54) is 0 Å². The Kier molecular flexibility index (Phi) is 4.52. The van der Waals surface area contributed by atoms with Gasteiger partial charge in [0.25, 0.3) is 0 Å². The normalized spacial score (nSPS) is 14.0. The lowest BCUT2D eigenvalue weighted by Crippen LogP contribution is -2.25. The Morgan fingerprint density at radius 1 is 0.727 bits per heavy atom. The summed E-state index contributed by atoms with van der Waals surface area (Å²) >= 11 is 0. The summed E-state index contributed by atoms with van der Waals surface area (Å²) in [5.74, 6) is 0.927. The van der Waals surface area contributed by atoms with Crippen LogP contribution in [-0.2, 0) is 0 Å². The highest BCUT2D eigenvalue weighted by molar-refractivity contribution is 5.86. The molecule has 0 fully saturated rings. The van der Waals surface area contributed by atoms with Crippen LogP contribution in [0.2, 0.25) is 0 Å². The lowest BCUT2D eigenvalue weighted by molar-refractivity contribution is 0.656. The van der Waals surface area contributed by atoms with E-state index in [0.29, 0.717) is 5.56 Å². The Balaban J connectivity index is 1.67. The number of hydrogen-bond acceptors (Lipinski definition) is 3. The number of imidazole rings is 1. The number of nitriles is 1. The Hall–Kier alpha value is -4.62. The Labute approximate surface area is 192 Å². The maximum atomic E-state index is 9.27. The molecule has 5 aromatic rings. The summed E-state index contributed by atoms with van der Waals surface area (Å²) in [6, 6.07) is 39.0. The molecule has 4 nitrogen and oxygen atoms in total. The molecule has 4 heteroatoms. The topological polar surface area (TPSA) is 53.6 Å². The molecule has 33 heavy (non-hydrogen) atoms. The molecule has 6 rings (SSSR count). The Bertz CT molecular complexity index is 1480. The summed E-state index contributed by atoms with van der Waals surface area (Å²) < 4.78 is 2.29. The van der Waals surface area contributed by atoms with Crippen LogP contribution < -0.4 is 5.32 Å². The molecule has 1 atom stereocenters. The molecule has 1 unspecified atom stereocenters. The van der Waals surface area contributed by atoms with Crippen LogP contribution in [0.25, 0.3) is 33.9 Å². The highest BCUT2D eigenvalue weighted by Crippen LogP contribution is 2.45. The van der Waals surface area contributed by atoms with Crippen molar-refractivity contribution in [2.45, 2.75) is 6.17 Å². The van der Waals surface area contributed by atoms with Crippen LogP contribution >= 0.6 is 0 Å². The molecule has 0 radical (unpaired) electrons. The lowest BCUT2D eigenvalue weighted by Gasteiger charge is -2.31. The Morgan fingerprint density at radius 2 is 1.36 bits per heavy atom. The lowest BCUT2D eigenvalue weighted by atomic mass is 10.0. The number of nitrogens with zero attached hydrogens (tertiary/aromatic N) is 3. The zero-order chi connectivity index (χ0) is 22.2. The molecule has 1 N–H and O–H groups in total. The minimum absolute atomic E-state index is 0.164. The summed E-state index contributed by atoms with van der Waals surface area (Å²) in [5, 5.41) is 13.0. The van der Waals surface area contributed by atoms with Crippen molar-refractivity contribution in [3.05, 3.63) is 120 Å². The first-order chi connectivity index (χ1) is 16.3. The monoisotopic (exact) mass is 424 g/mol. The van der Waals surface area contributed by atoms with Gasteiger partial charge in [0.2, 0.25) is 0 Å². The molecular formula is C29H20N4. The van der Waals surface area contributed by atoms with Crippen molar-refractivity contribution in [1.29, 1.82) is 5.26 Å². The van der Waals surface area contributed by atoms with Gasteiger partial charge in [0.1, 0.15) is 12.0 Å². The molecule has 0 amide bonds. The van der Waals surface area contributed by atoms with Crippen LogP contribution in [0.4, 0.5) is 5.69 Å². The zero-order valence-electron chi connectivity index (χ0n) is 17.8. The van der Waals surface area contributed by atoms with E-state index >= 15 is 0 Å². The molecule has 1 aromatic heterocycles. The van der Waals surface area contributed by atoms with Gasteiger partial charge in [0, 0.05) is 22.4 Å². The van der Waals surface area contributed by atoms with Gasteiger partial charge in [-0.2, -0.15) is 5.26 Å². The summed E-state index contributed by atoms with van der Waals surface area (Å²) in [7, 11) is 0. The molecule has 0 spiro atoms. The first-order valence-electron chi connectivity index (χ1n) is 10.9. The standard InChI is InChI=1S/C29H20N4/c30-19-20-15-17-23(18-16-20)28-31-25-14-8-7-13-24(25)29-32-26(21-9-3-1-4-10-21)27(33(28)29)22-11-5-2-6-12-22/h1-18,28,31H. The van der Waals surface area contributed by atoms with E-state index in [9.17, 15) is 5.26 Å². The van der Waals surface area contributed by atoms with Gasteiger partial charge in [0.05, 0.1) is 23.0 Å². The first kappa shape index (κ1) is 19.1. The minimum atomic E-state index is -0.164. The number of rotatable bonds is 3. The van der Waals surface area contributed by atoms with E-state index in [1.54, 1.807) is 0 Å². The average molecular weight is 425 g/mol. The third-order valence-corrected chi connectivity index (χ3v) is 6.08. The molecule has 4 aromatic carbocycles. The number of hydrogen-bond donors (Lipinski definition) is 1. The molecule has 0 saturated heterocycles. The molecular weight excluding hydrogens is 404 g/mol. The van der Waals surface area contributed by atoms with Crippen LogP contribution in [0.3, 0.4) is 0 Å². The van der Waals surface area contributed by atoms with Gasteiger partial charge in [-0.25, -0.2) is 4.98 Å². The van der Waals surface area contributed by atoms with Crippen LogP contribution in [0, 0.1) is 11.3 Å². The van der Waals surface area contributed by atoms with Gasteiger partial charge >= 0.3 is 0 Å². The van der Waals surface area contributed by atoms with Crippen molar-refractivity contribution in [2.75, 3.05) is 5.32 Å². The van der Waals surface area contributed by atoms with Crippen LogP contribution in [0.1, 0.15) is 17.3 Å². The van der Waals surface area contributed by atoms with E-state index in [2.05, 4.69) is 64.5 Å². The second-order valence-corrected chi connectivity index (χ2v) is 8.06. The predicted molar refractivity (Wildman–Crippen MR) is 131 cm³/mol. The van der Waals surface area contributed by atoms with Gasteiger partial charge in [-0.15, -0.1) is 0 Å². The van der Waals surface area contributed by atoms with E-state index < -0.39 is 0 Å². The van der Waals surface area contributed by atoms with Crippen molar-refractivity contribution in [1.82, 2.24) is 9.55 Å². The number of benzene rings is 4. The van der Waals surface area contributed by atoms with E-state index in [0.717, 1.165) is 45.2 Å². The second-order valence-electron chi connectivity index (χ2n) is 8.06. The number of aromatic nitrogens is 2. The highest BCUT2D eigenvalue weighted by atomic mass is 15.3. The molecule has 1 aliphatic rings. The van der Waals surface area contributed by atoms with Gasteiger partial charge in [-0.1, -0.05) is 84.9 Å². The number of para-hydroxylation sites is 1. The fourth-order valence-corrected chi connectivity index (χ4v) is 4.53. The third kappa shape index (κ3) is 3.19. The fourth-order valence-electron chi connectivity index (χ4n) is 4.53. The average Bonchev–Trinajstić information content (AvgIpc) is 3.30. The molecule has 0 saturated carbocycles. The van der Waals surface area contributed by atoms with E-state index in [-0.39, 0.29) is 6.17 Å². The third-order valence-electron chi connectivity index (χ3n) is 6.08. The summed E-state index contributed by atoms with van der Waals surface area (Å²) in [6.45, 7) is 0. The molecule has 1 aliphatic heterocycles. The van der Waals surface area contributed by atoms with E-state index in [4.69, 9.17) is 4.98 Å². The van der Waals surface area contributed by atoms with Crippen LogP contribution in [-0.4, -0.2) is 9.55 Å². The maximum Gasteiger partial charge on any atom is 0.145 e.